The van der Waals surface area contributed by atoms with Crippen molar-refractivity contribution in [2.45, 2.75) is 50.7 Å². The van der Waals surface area contributed by atoms with Crippen LogP contribution in [0.15, 0.2) is 12.3 Å². The Bertz CT molecular complexity index is 600. The second-order valence-electron chi connectivity index (χ2n) is 6.60. The number of hydrogen-bond acceptors (Lipinski definition) is 6. The van der Waals surface area contributed by atoms with Gasteiger partial charge >= 0.3 is 0 Å². The van der Waals surface area contributed by atoms with Crippen molar-refractivity contribution in [1.29, 1.82) is 5.26 Å². The van der Waals surface area contributed by atoms with Crippen molar-refractivity contribution in [3.8, 4) is 6.07 Å². The smallest absolute Gasteiger partial charge is 0.120 e. The highest BCUT2D eigenvalue weighted by Gasteiger charge is 2.21. The van der Waals surface area contributed by atoms with Gasteiger partial charge in [0.2, 0.25) is 0 Å². The topological polar surface area (TPSA) is 78.2 Å². The molecule has 0 spiro atoms. The van der Waals surface area contributed by atoms with E-state index in [1.165, 1.54) is 12.8 Å². The normalized spacial score (nSPS) is 20.0. The van der Waals surface area contributed by atoms with E-state index in [1.807, 2.05) is 13.1 Å². The number of hydrogen-bond donors (Lipinski definition) is 1. The van der Waals surface area contributed by atoms with Crippen molar-refractivity contribution >= 4 is 12.0 Å². The van der Waals surface area contributed by atoms with Gasteiger partial charge in [-0.1, -0.05) is 0 Å². The van der Waals surface area contributed by atoms with E-state index in [9.17, 15) is 4.79 Å². The molecule has 1 fully saturated rings. The van der Waals surface area contributed by atoms with Crippen LogP contribution in [0.4, 0.5) is 5.69 Å². The zero-order chi connectivity index (χ0) is 18.1. The van der Waals surface area contributed by atoms with Gasteiger partial charge in [-0.2, -0.15) is 5.26 Å². The lowest BCUT2D eigenvalue weighted by Crippen LogP contribution is -2.40. The molecule has 1 heterocycles. The number of nitriles is 1. The molecule has 0 saturated heterocycles. The standard InChI is InChI=1S/C19H28N4O2/c1-23(9-8-21-16-5-3-6-17(12-16)25-2)19-11-15(13-20)14-22-18(19)7-4-10-24/h10-11,14,16-17,21H,3-9,12H2,1-2H3. The van der Waals surface area contributed by atoms with Gasteiger partial charge in [-0.3, -0.25) is 4.98 Å². The Morgan fingerprint density at radius 2 is 2.36 bits per heavy atom. The van der Waals surface area contributed by atoms with Crippen LogP contribution in [0.25, 0.3) is 0 Å². The van der Waals surface area contributed by atoms with Crippen molar-refractivity contribution < 1.29 is 9.53 Å². The molecule has 0 aliphatic heterocycles. The van der Waals surface area contributed by atoms with E-state index in [0.717, 1.165) is 43.6 Å². The van der Waals surface area contributed by atoms with E-state index in [4.69, 9.17) is 10.00 Å². The van der Waals surface area contributed by atoms with E-state index in [1.54, 1.807) is 13.3 Å². The Morgan fingerprint density at radius 3 is 3.08 bits per heavy atom. The largest absolute Gasteiger partial charge is 0.381 e. The van der Waals surface area contributed by atoms with Crippen LogP contribution in [0.1, 0.15) is 43.4 Å². The summed E-state index contributed by atoms with van der Waals surface area (Å²) in [5.74, 6) is 0. The number of carbonyl (C=O) groups is 1. The van der Waals surface area contributed by atoms with Gasteiger partial charge < -0.3 is 19.7 Å². The molecule has 1 aromatic rings. The molecule has 0 radical (unpaired) electrons. The molecule has 1 saturated carbocycles. The average molecular weight is 344 g/mol. The lowest BCUT2D eigenvalue weighted by Gasteiger charge is -2.30. The number of nitrogens with one attached hydrogen (secondary N) is 1. The molecule has 2 rings (SSSR count). The van der Waals surface area contributed by atoms with Crippen molar-refractivity contribution in [2.75, 3.05) is 32.1 Å². The molecule has 6 heteroatoms. The molecule has 1 N–H and O–H groups in total. The van der Waals surface area contributed by atoms with Crippen LogP contribution in [0.3, 0.4) is 0 Å². The fourth-order valence-electron chi connectivity index (χ4n) is 3.36. The second-order valence-corrected chi connectivity index (χ2v) is 6.60. The number of anilines is 1. The molecule has 0 amide bonds. The number of aldehydes is 1. The number of aromatic nitrogens is 1. The summed E-state index contributed by atoms with van der Waals surface area (Å²) in [5.41, 5.74) is 2.34. The first kappa shape index (κ1) is 19.4. The molecule has 6 nitrogen and oxygen atoms in total. The molecule has 1 aliphatic carbocycles. The molecule has 136 valence electrons. The maximum absolute atomic E-state index is 10.7. The van der Waals surface area contributed by atoms with Crippen LogP contribution in [-0.4, -0.2) is 50.7 Å². The van der Waals surface area contributed by atoms with Crippen LogP contribution in [0.2, 0.25) is 0 Å². The van der Waals surface area contributed by atoms with Gasteiger partial charge in [0.25, 0.3) is 0 Å². The Labute approximate surface area is 150 Å². The number of pyridine rings is 1. The highest BCUT2D eigenvalue weighted by Crippen LogP contribution is 2.22. The summed E-state index contributed by atoms with van der Waals surface area (Å²) in [6.07, 6.45) is 8.50. The summed E-state index contributed by atoms with van der Waals surface area (Å²) < 4.78 is 5.48. The predicted molar refractivity (Wildman–Crippen MR) is 97.7 cm³/mol. The SMILES string of the molecule is COC1CCCC(NCCN(C)c2cc(C#N)cnc2CCC=O)C1. The number of methoxy groups -OCH3 is 1. The lowest BCUT2D eigenvalue weighted by atomic mass is 9.93. The minimum atomic E-state index is 0.371. The predicted octanol–water partition coefficient (Wildman–Crippen LogP) is 2.07. The van der Waals surface area contributed by atoms with Crippen LogP contribution in [-0.2, 0) is 16.0 Å². The van der Waals surface area contributed by atoms with E-state index in [0.29, 0.717) is 30.6 Å². The van der Waals surface area contributed by atoms with Crippen LogP contribution in [0, 0.1) is 11.3 Å². The van der Waals surface area contributed by atoms with Crippen molar-refractivity contribution in [1.82, 2.24) is 10.3 Å². The summed E-state index contributed by atoms with van der Waals surface area (Å²) in [6, 6.07) is 4.50. The number of ether oxygens (including phenoxy) is 1. The van der Waals surface area contributed by atoms with Crippen LogP contribution < -0.4 is 10.2 Å². The first-order chi connectivity index (χ1) is 12.2. The minimum absolute atomic E-state index is 0.371. The van der Waals surface area contributed by atoms with Gasteiger partial charge in [0.05, 0.1) is 23.0 Å². The Morgan fingerprint density at radius 1 is 1.52 bits per heavy atom. The lowest BCUT2D eigenvalue weighted by molar-refractivity contribution is -0.107. The number of likely N-dealkylation sites (N-methyl/N-ethyl adjacent to an activating group) is 1. The van der Waals surface area contributed by atoms with Crippen molar-refractivity contribution in [3.63, 3.8) is 0 Å². The quantitative estimate of drug-likeness (QED) is 0.691. The Kier molecular flexibility index (Phi) is 7.83. The molecular formula is C19H28N4O2. The maximum atomic E-state index is 10.7. The average Bonchev–Trinajstić information content (AvgIpc) is 2.66. The minimum Gasteiger partial charge on any atom is -0.381 e. The van der Waals surface area contributed by atoms with Crippen molar-refractivity contribution in [3.05, 3.63) is 23.5 Å². The monoisotopic (exact) mass is 344 g/mol. The zero-order valence-corrected chi connectivity index (χ0v) is 15.2. The zero-order valence-electron chi connectivity index (χ0n) is 15.2. The first-order valence-electron chi connectivity index (χ1n) is 8.98. The summed E-state index contributed by atoms with van der Waals surface area (Å²) in [7, 11) is 3.79. The highest BCUT2D eigenvalue weighted by atomic mass is 16.5. The molecule has 25 heavy (non-hydrogen) atoms. The van der Waals surface area contributed by atoms with Gasteiger partial charge in [-0.25, -0.2) is 0 Å². The maximum Gasteiger partial charge on any atom is 0.120 e. The van der Waals surface area contributed by atoms with Gasteiger partial charge in [0.15, 0.2) is 0 Å². The Hall–Kier alpha value is -1.97. The summed E-state index contributed by atoms with van der Waals surface area (Å²) >= 11 is 0. The highest BCUT2D eigenvalue weighted by molar-refractivity contribution is 5.56. The first-order valence-corrected chi connectivity index (χ1v) is 8.98. The fraction of sp³-hybridized carbons (Fsp3) is 0.632. The Balaban J connectivity index is 1.91. The second kappa shape index (κ2) is 10.1. The molecular weight excluding hydrogens is 316 g/mol. The van der Waals surface area contributed by atoms with E-state index >= 15 is 0 Å². The van der Waals surface area contributed by atoms with Gasteiger partial charge in [-0.15, -0.1) is 0 Å². The number of carbonyl (C=O) groups excluding carboxylic acids is 1. The van der Waals surface area contributed by atoms with E-state index < -0.39 is 0 Å². The number of aryl methyl sites for hydroxylation is 1. The molecule has 1 aliphatic rings. The van der Waals surface area contributed by atoms with Gasteiger partial charge in [0, 0.05) is 45.9 Å². The fourth-order valence-corrected chi connectivity index (χ4v) is 3.36. The number of rotatable bonds is 9. The van der Waals surface area contributed by atoms with Crippen LogP contribution >= 0.6 is 0 Å². The third kappa shape index (κ3) is 5.80. The summed E-state index contributed by atoms with van der Waals surface area (Å²) in [4.78, 5) is 17.1. The third-order valence-corrected chi connectivity index (χ3v) is 4.83. The molecule has 0 aromatic carbocycles. The van der Waals surface area contributed by atoms with Crippen LogP contribution in [0.5, 0.6) is 0 Å². The molecule has 2 atom stereocenters. The molecule has 1 aromatic heterocycles. The third-order valence-electron chi connectivity index (χ3n) is 4.83. The number of nitrogens with zero attached hydrogens (tertiary/aromatic N) is 3. The van der Waals surface area contributed by atoms with Gasteiger partial charge in [0.1, 0.15) is 12.4 Å². The van der Waals surface area contributed by atoms with Gasteiger partial charge in [-0.05, 0) is 38.2 Å². The molecule has 2 unspecified atom stereocenters. The summed E-state index contributed by atoms with van der Waals surface area (Å²) in [6.45, 7) is 1.68. The van der Waals surface area contributed by atoms with Crippen molar-refractivity contribution in [2.24, 2.45) is 0 Å². The molecule has 0 bridgehead atoms. The van der Waals surface area contributed by atoms with E-state index in [-0.39, 0.29) is 0 Å². The van der Waals surface area contributed by atoms with E-state index in [2.05, 4.69) is 21.3 Å². The summed E-state index contributed by atoms with van der Waals surface area (Å²) in [5, 5.41) is 12.7.